The fourth-order valence-corrected chi connectivity index (χ4v) is 2.04. The van der Waals surface area contributed by atoms with Crippen LogP contribution >= 0.6 is 0 Å². The summed E-state index contributed by atoms with van der Waals surface area (Å²) in [5.74, 6) is 1.01. The summed E-state index contributed by atoms with van der Waals surface area (Å²) in [6, 6.07) is 10.3. The van der Waals surface area contributed by atoms with E-state index in [-0.39, 0.29) is 6.10 Å². The molecule has 1 aromatic carbocycles. The van der Waals surface area contributed by atoms with Gasteiger partial charge in [-0.3, -0.25) is 0 Å². The summed E-state index contributed by atoms with van der Waals surface area (Å²) in [5.41, 5.74) is 1.29. The minimum absolute atomic E-state index is 0.237. The Kier molecular flexibility index (Phi) is 3.43. The number of fused-ring (bicyclic) bond motifs is 1. The molecule has 0 amide bonds. The number of rotatable bonds is 4. The summed E-state index contributed by atoms with van der Waals surface area (Å²) in [5, 5.41) is 8.51. The largest absolute Gasteiger partial charge is 0.488 e. The van der Waals surface area contributed by atoms with Gasteiger partial charge in [0.25, 0.3) is 0 Å². The second kappa shape index (κ2) is 5.00. The lowest BCUT2D eigenvalue weighted by Crippen LogP contribution is -2.32. The smallest absolute Gasteiger partial charge is 0.123 e. The van der Waals surface area contributed by atoms with E-state index >= 15 is 0 Å². The van der Waals surface area contributed by atoms with Gasteiger partial charge in [0.15, 0.2) is 0 Å². The Morgan fingerprint density at radius 3 is 3.06 bits per heavy atom. The lowest BCUT2D eigenvalue weighted by atomic mass is 10.1. The number of nitrogens with zero attached hydrogens (tertiary/aromatic N) is 2. The molecule has 0 fully saturated rings. The Morgan fingerprint density at radius 1 is 1.50 bits per heavy atom. The summed E-state index contributed by atoms with van der Waals surface area (Å²) in [6.45, 7) is 1.70. The highest BCUT2D eigenvalue weighted by atomic mass is 16.5. The third kappa shape index (κ3) is 2.53. The van der Waals surface area contributed by atoms with Crippen molar-refractivity contribution in [3.8, 4) is 11.8 Å². The highest BCUT2D eigenvalue weighted by molar-refractivity contribution is 5.37. The molecule has 0 saturated carbocycles. The van der Waals surface area contributed by atoms with Crippen LogP contribution in [0.5, 0.6) is 5.75 Å². The maximum absolute atomic E-state index is 8.51. The molecule has 0 spiro atoms. The van der Waals surface area contributed by atoms with Crippen LogP contribution in [0.2, 0.25) is 0 Å². The molecule has 3 heteroatoms. The van der Waals surface area contributed by atoms with Crippen molar-refractivity contribution in [2.45, 2.75) is 18.9 Å². The molecule has 1 unspecified atom stereocenters. The first kappa shape index (κ1) is 11.0. The second-order valence-corrected chi connectivity index (χ2v) is 4.22. The summed E-state index contributed by atoms with van der Waals surface area (Å²) < 4.78 is 5.83. The van der Waals surface area contributed by atoms with Crippen LogP contribution in [0.3, 0.4) is 0 Å². The van der Waals surface area contributed by atoms with Gasteiger partial charge in [-0.1, -0.05) is 18.2 Å². The normalized spacial score (nSPS) is 17.9. The van der Waals surface area contributed by atoms with Gasteiger partial charge in [-0.15, -0.1) is 0 Å². The van der Waals surface area contributed by atoms with Crippen molar-refractivity contribution in [3.63, 3.8) is 0 Å². The van der Waals surface area contributed by atoms with E-state index in [1.54, 1.807) is 0 Å². The Hall–Kier alpha value is -1.53. The molecule has 0 radical (unpaired) electrons. The van der Waals surface area contributed by atoms with E-state index < -0.39 is 0 Å². The fourth-order valence-electron chi connectivity index (χ4n) is 2.04. The van der Waals surface area contributed by atoms with Crippen molar-refractivity contribution >= 4 is 0 Å². The highest BCUT2D eigenvalue weighted by Gasteiger charge is 2.23. The second-order valence-electron chi connectivity index (χ2n) is 4.22. The van der Waals surface area contributed by atoms with Crippen LogP contribution in [0.15, 0.2) is 24.3 Å². The molecular formula is C13H16N2O. The molecule has 84 valence electrons. The van der Waals surface area contributed by atoms with Gasteiger partial charge < -0.3 is 9.64 Å². The zero-order chi connectivity index (χ0) is 11.4. The van der Waals surface area contributed by atoms with Crippen LogP contribution < -0.4 is 4.74 Å². The standard InChI is InChI=1S/C13H16N2O/c1-15(8-4-7-14)10-12-9-11-5-2-3-6-13(11)16-12/h2-3,5-6,12H,4,8-10H2,1H3. The first-order valence-electron chi connectivity index (χ1n) is 5.59. The lowest BCUT2D eigenvalue weighted by Gasteiger charge is -2.19. The quantitative estimate of drug-likeness (QED) is 0.770. The number of likely N-dealkylation sites (N-methyl/N-ethyl adjacent to an activating group) is 1. The minimum Gasteiger partial charge on any atom is -0.488 e. The van der Waals surface area contributed by atoms with E-state index in [2.05, 4.69) is 17.0 Å². The lowest BCUT2D eigenvalue weighted by molar-refractivity contribution is 0.170. The molecule has 1 aliphatic heterocycles. The number of hydrogen-bond donors (Lipinski definition) is 0. The van der Waals surface area contributed by atoms with Crippen LogP contribution in [0.25, 0.3) is 0 Å². The predicted octanol–water partition coefficient (Wildman–Crippen LogP) is 1.84. The van der Waals surface area contributed by atoms with Crippen molar-refractivity contribution in [2.75, 3.05) is 20.1 Å². The number of hydrogen-bond acceptors (Lipinski definition) is 3. The molecule has 1 heterocycles. The SMILES string of the molecule is CN(CCC#N)CC1Cc2ccccc2O1. The predicted molar refractivity (Wildman–Crippen MR) is 62.3 cm³/mol. The van der Waals surface area contributed by atoms with E-state index in [0.717, 1.165) is 25.3 Å². The molecule has 0 aliphatic carbocycles. The monoisotopic (exact) mass is 216 g/mol. The van der Waals surface area contributed by atoms with E-state index in [9.17, 15) is 0 Å². The van der Waals surface area contributed by atoms with Gasteiger partial charge in [0.2, 0.25) is 0 Å². The van der Waals surface area contributed by atoms with E-state index in [0.29, 0.717) is 6.42 Å². The molecule has 16 heavy (non-hydrogen) atoms. The Bertz CT molecular complexity index is 372. The average molecular weight is 216 g/mol. The maximum atomic E-state index is 8.51. The molecule has 0 aromatic heterocycles. The van der Waals surface area contributed by atoms with Crippen LogP contribution in [-0.4, -0.2) is 31.1 Å². The topological polar surface area (TPSA) is 36.3 Å². The zero-order valence-electron chi connectivity index (χ0n) is 9.52. The number of para-hydroxylation sites is 1. The van der Waals surface area contributed by atoms with E-state index in [1.807, 2.05) is 25.2 Å². The Balaban J connectivity index is 1.85. The van der Waals surface area contributed by atoms with Crippen LogP contribution in [0.4, 0.5) is 0 Å². The Labute approximate surface area is 96.2 Å². The van der Waals surface area contributed by atoms with Crippen molar-refractivity contribution in [1.29, 1.82) is 5.26 Å². The molecular weight excluding hydrogens is 200 g/mol. The van der Waals surface area contributed by atoms with Gasteiger partial charge in [-0.05, 0) is 18.7 Å². The van der Waals surface area contributed by atoms with Crippen molar-refractivity contribution in [3.05, 3.63) is 29.8 Å². The molecule has 1 aromatic rings. The third-order valence-corrected chi connectivity index (χ3v) is 2.83. The van der Waals surface area contributed by atoms with Crippen LogP contribution in [0, 0.1) is 11.3 Å². The van der Waals surface area contributed by atoms with Crippen LogP contribution in [-0.2, 0) is 6.42 Å². The molecule has 1 aliphatic rings. The van der Waals surface area contributed by atoms with Gasteiger partial charge >= 0.3 is 0 Å². The molecule has 1 atom stereocenters. The van der Waals surface area contributed by atoms with Gasteiger partial charge in [0, 0.05) is 25.9 Å². The van der Waals surface area contributed by atoms with Gasteiger partial charge in [0.1, 0.15) is 11.9 Å². The van der Waals surface area contributed by atoms with E-state index in [1.165, 1.54) is 5.56 Å². The molecule has 0 bridgehead atoms. The third-order valence-electron chi connectivity index (χ3n) is 2.83. The minimum atomic E-state index is 0.237. The van der Waals surface area contributed by atoms with Gasteiger partial charge in [0.05, 0.1) is 6.07 Å². The number of benzene rings is 1. The van der Waals surface area contributed by atoms with Crippen LogP contribution in [0.1, 0.15) is 12.0 Å². The van der Waals surface area contributed by atoms with Gasteiger partial charge in [-0.25, -0.2) is 0 Å². The first-order chi connectivity index (χ1) is 7.79. The molecule has 0 N–H and O–H groups in total. The maximum Gasteiger partial charge on any atom is 0.123 e. The summed E-state index contributed by atoms with van der Waals surface area (Å²) >= 11 is 0. The van der Waals surface area contributed by atoms with Crippen molar-refractivity contribution < 1.29 is 4.74 Å². The molecule has 3 nitrogen and oxygen atoms in total. The summed E-state index contributed by atoms with van der Waals surface area (Å²) in [7, 11) is 2.03. The first-order valence-corrected chi connectivity index (χ1v) is 5.59. The highest BCUT2D eigenvalue weighted by Crippen LogP contribution is 2.28. The van der Waals surface area contributed by atoms with Gasteiger partial charge in [-0.2, -0.15) is 5.26 Å². The summed E-state index contributed by atoms with van der Waals surface area (Å²) in [4.78, 5) is 2.15. The Morgan fingerprint density at radius 2 is 2.31 bits per heavy atom. The number of ether oxygens (including phenoxy) is 1. The van der Waals surface area contributed by atoms with E-state index in [4.69, 9.17) is 10.00 Å². The number of nitriles is 1. The molecule has 2 rings (SSSR count). The summed E-state index contributed by atoms with van der Waals surface area (Å²) in [6.07, 6.45) is 1.80. The van der Waals surface area contributed by atoms with Crippen molar-refractivity contribution in [2.24, 2.45) is 0 Å². The average Bonchev–Trinajstić information content (AvgIpc) is 2.68. The molecule has 0 saturated heterocycles. The zero-order valence-corrected chi connectivity index (χ0v) is 9.52. The van der Waals surface area contributed by atoms with Crippen molar-refractivity contribution in [1.82, 2.24) is 4.90 Å². The fraction of sp³-hybridized carbons (Fsp3) is 0.462.